The summed E-state index contributed by atoms with van der Waals surface area (Å²) in [5.41, 5.74) is 1.31. The molecule has 0 bridgehead atoms. The second-order valence-corrected chi connectivity index (χ2v) is 7.18. The predicted octanol–water partition coefficient (Wildman–Crippen LogP) is 0.834. The lowest BCUT2D eigenvalue weighted by molar-refractivity contribution is -0.888. The summed E-state index contributed by atoms with van der Waals surface area (Å²) in [6.45, 7) is 7.31. The van der Waals surface area contributed by atoms with Crippen molar-refractivity contribution in [2.24, 2.45) is 0 Å². The molecule has 2 saturated heterocycles. The first-order valence-electron chi connectivity index (χ1n) is 8.59. The highest BCUT2D eigenvalue weighted by Gasteiger charge is 2.29. The van der Waals surface area contributed by atoms with Gasteiger partial charge in [-0.25, -0.2) is 4.39 Å². The Morgan fingerprint density at radius 1 is 1.18 bits per heavy atom. The largest absolute Gasteiger partial charge is 0.334 e. The molecule has 0 radical (unpaired) electrons. The van der Waals surface area contributed by atoms with Crippen LogP contribution in [0.4, 0.5) is 4.39 Å². The minimum atomic E-state index is -0.129. The molecule has 3 atom stereocenters. The SMILES string of the molecule is CN1CCN(C)[C@H](CC[NH+]2CC[C@H](c3ccc(F)cc3)C2)C1. The standard InChI is InChI=1S/C18H28FN3/c1-20-11-12-21(2)18(14-20)8-10-22-9-7-16(13-22)15-3-5-17(19)6-4-15/h3-6,16,18H,7-14H2,1-2H3/p+1/t16-,18+/m0/s1. The molecule has 2 heterocycles. The van der Waals surface area contributed by atoms with Crippen molar-refractivity contribution in [2.45, 2.75) is 24.8 Å². The first kappa shape index (κ1) is 15.9. The average molecular weight is 306 g/mol. The van der Waals surface area contributed by atoms with Gasteiger partial charge in [0.05, 0.1) is 19.6 Å². The molecule has 0 aromatic heterocycles. The van der Waals surface area contributed by atoms with Crippen molar-refractivity contribution in [2.75, 3.05) is 53.4 Å². The minimum absolute atomic E-state index is 0.129. The Morgan fingerprint density at radius 2 is 1.95 bits per heavy atom. The van der Waals surface area contributed by atoms with E-state index in [1.54, 1.807) is 17.0 Å². The molecule has 0 spiro atoms. The van der Waals surface area contributed by atoms with E-state index >= 15 is 0 Å². The van der Waals surface area contributed by atoms with E-state index in [1.165, 1.54) is 57.7 Å². The van der Waals surface area contributed by atoms with Gasteiger partial charge in [0, 0.05) is 44.4 Å². The number of piperazine rings is 1. The molecule has 22 heavy (non-hydrogen) atoms. The number of nitrogens with zero attached hydrogens (tertiary/aromatic N) is 2. The van der Waals surface area contributed by atoms with Crippen LogP contribution in [0, 0.1) is 5.82 Å². The topological polar surface area (TPSA) is 10.9 Å². The van der Waals surface area contributed by atoms with Gasteiger partial charge < -0.3 is 14.7 Å². The molecule has 1 unspecified atom stereocenters. The van der Waals surface area contributed by atoms with Crippen molar-refractivity contribution in [1.29, 1.82) is 0 Å². The van der Waals surface area contributed by atoms with E-state index in [-0.39, 0.29) is 5.82 Å². The fourth-order valence-corrected chi connectivity index (χ4v) is 3.96. The molecule has 3 rings (SSSR count). The second kappa shape index (κ2) is 7.07. The van der Waals surface area contributed by atoms with Gasteiger partial charge in [-0.2, -0.15) is 0 Å². The molecule has 2 fully saturated rings. The van der Waals surface area contributed by atoms with Crippen molar-refractivity contribution < 1.29 is 9.29 Å². The van der Waals surface area contributed by atoms with E-state index in [0.717, 1.165) is 0 Å². The summed E-state index contributed by atoms with van der Waals surface area (Å²) < 4.78 is 13.0. The van der Waals surface area contributed by atoms with Gasteiger partial charge in [-0.3, -0.25) is 0 Å². The lowest BCUT2D eigenvalue weighted by Crippen LogP contribution is -3.10. The van der Waals surface area contributed by atoms with Crippen molar-refractivity contribution in [1.82, 2.24) is 9.80 Å². The van der Waals surface area contributed by atoms with Gasteiger partial charge in [0.2, 0.25) is 0 Å². The Hall–Kier alpha value is -0.970. The molecule has 1 N–H and O–H groups in total. The van der Waals surface area contributed by atoms with E-state index in [4.69, 9.17) is 0 Å². The zero-order chi connectivity index (χ0) is 15.5. The highest BCUT2D eigenvalue weighted by molar-refractivity contribution is 5.20. The fourth-order valence-electron chi connectivity index (χ4n) is 3.96. The van der Waals surface area contributed by atoms with Crippen LogP contribution in [-0.4, -0.2) is 69.2 Å². The van der Waals surface area contributed by atoms with E-state index in [0.29, 0.717) is 12.0 Å². The molecule has 1 aromatic rings. The Morgan fingerprint density at radius 3 is 2.73 bits per heavy atom. The van der Waals surface area contributed by atoms with Crippen LogP contribution in [-0.2, 0) is 0 Å². The first-order valence-corrected chi connectivity index (χ1v) is 8.59. The predicted molar refractivity (Wildman–Crippen MR) is 87.9 cm³/mol. The molecule has 0 aliphatic carbocycles. The highest BCUT2D eigenvalue weighted by atomic mass is 19.1. The Labute approximate surface area is 133 Å². The third kappa shape index (κ3) is 3.86. The summed E-state index contributed by atoms with van der Waals surface area (Å²) in [6.07, 6.45) is 2.52. The normalized spacial score (nSPS) is 30.8. The quantitative estimate of drug-likeness (QED) is 0.884. The van der Waals surface area contributed by atoms with Crippen LogP contribution in [0.5, 0.6) is 0 Å². The van der Waals surface area contributed by atoms with Crippen LogP contribution in [0.25, 0.3) is 0 Å². The van der Waals surface area contributed by atoms with E-state index in [9.17, 15) is 4.39 Å². The minimum Gasteiger partial charge on any atom is -0.334 e. The van der Waals surface area contributed by atoms with Crippen LogP contribution < -0.4 is 4.90 Å². The molecule has 2 aliphatic heterocycles. The second-order valence-electron chi connectivity index (χ2n) is 7.18. The van der Waals surface area contributed by atoms with Crippen molar-refractivity contribution in [3.05, 3.63) is 35.6 Å². The number of halogens is 1. The number of hydrogen-bond donors (Lipinski definition) is 1. The van der Waals surface area contributed by atoms with Crippen LogP contribution in [0.3, 0.4) is 0 Å². The van der Waals surface area contributed by atoms with Crippen LogP contribution in [0.1, 0.15) is 24.3 Å². The average Bonchev–Trinajstić information content (AvgIpc) is 2.98. The molecule has 1 aromatic carbocycles. The van der Waals surface area contributed by atoms with Crippen molar-refractivity contribution in [3.8, 4) is 0 Å². The Kier molecular flexibility index (Phi) is 5.11. The van der Waals surface area contributed by atoms with Gasteiger partial charge in [0.1, 0.15) is 5.82 Å². The number of likely N-dealkylation sites (N-methyl/N-ethyl adjacent to an activating group) is 2. The maximum absolute atomic E-state index is 13.0. The number of benzene rings is 1. The van der Waals surface area contributed by atoms with Gasteiger partial charge in [-0.05, 0) is 31.8 Å². The van der Waals surface area contributed by atoms with Crippen LogP contribution in [0.15, 0.2) is 24.3 Å². The monoisotopic (exact) mass is 306 g/mol. The maximum Gasteiger partial charge on any atom is 0.123 e. The van der Waals surface area contributed by atoms with Gasteiger partial charge in [0.15, 0.2) is 0 Å². The molecule has 0 saturated carbocycles. The van der Waals surface area contributed by atoms with Crippen LogP contribution in [0.2, 0.25) is 0 Å². The van der Waals surface area contributed by atoms with E-state index in [2.05, 4.69) is 23.9 Å². The van der Waals surface area contributed by atoms with Crippen molar-refractivity contribution >= 4 is 0 Å². The lowest BCUT2D eigenvalue weighted by atomic mass is 9.99. The molecular weight excluding hydrogens is 277 g/mol. The summed E-state index contributed by atoms with van der Waals surface area (Å²) in [7, 11) is 4.49. The number of quaternary nitrogens is 1. The summed E-state index contributed by atoms with van der Waals surface area (Å²) in [6, 6.07) is 7.83. The molecule has 4 heteroatoms. The molecule has 3 nitrogen and oxygen atoms in total. The smallest absolute Gasteiger partial charge is 0.123 e. The maximum atomic E-state index is 13.0. The van der Waals surface area contributed by atoms with Gasteiger partial charge in [-0.15, -0.1) is 0 Å². The number of hydrogen-bond acceptors (Lipinski definition) is 2. The summed E-state index contributed by atoms with van der Waals surface area (Å²) in [5, 5.41) is 0. The number of rotatable bonds is 4. The summed E-state index contributed by atoms with van der Waals surface area (Å²) >= 11 is 0. The highest BCUT2D eigenvalue weighted by Crippen LogP contribution is 2.20. The molecule has 122 valence electrons. The Balaban J connectivity index is 1.47. The van der Waals surface area contributed by atoms with Crippen LogP contribution >= 0.6 is 0 Å². The first-order chi connectivity index (χ1) is 10.6. The Bertz CT molecular complexity index is 476. The summed E-state index contributed by atoms with van der Waals surface area (Å²) in [4.78, 5) is 6.69. The third-order valence-corrected chi connectivity index (χ3v) is 5.53. The van der Waals surface area contributed by atoms with Gasteiger partial charge in [0.25, 0.3) is 0 Å². The fraction of sp³-hybridized carbons (Fsp3) is 0.667. The zero-order valence-electron chi connectivity index (χ0n) is 13.9. The van der Waals surface area contributed by atoms with Gasteiger partial charge >= 0.3 is 0 Å². The number of nitrogens with one attached hydrogen (secondary N) is 1. The molecular formula is C18H29FN3+. The molecule has 2 aliphatic rings. The van der Waals surface area contributed by atoms with E-state index in [1.807, 2.05) is 12.1 Å². The third-order valence-electron chi connectivity index (χ3n) is 5.53. The number of likely N-dealkylation sites (tertiary alicyclic amines) is 1. The van der Waals surface area contributed by atoms with Gasteiger partial charge in [-0.1, -0.05) is 12.1 Å². The summed E-state index contributed by atoms with van der Waals surface area (Å²) in [5.74, 6) is 0.484. The lowest BCUT2D eigenvalue weighted by Gasteiger charge is -2.37. The zero-order valence-corrected chi connectivity index (χ0v) is 13.9. The molecule has 0 amide bonds. The van der Waals surface area contributed by atoms with Crippen molar-refractivity contribution in [3.63, 3.8) is 0 Å². The van der Waals surface area contributed by atoms with E-state index < -0.39 is 0 Å².